The van der Waals surface area contributed by atoms with Crippen molar-refractivity contribution >= 4 is 34.8 Å². The topological polar surface area (TPSA) is 81.9 Å². The standard InChI is InChI=1S/C15H12Cl2N2O3/c1-8(11-6-9(16)7-12(17)14(11)21)18-19-15(22)10-4-2-3-5-13(10)20/h2-7,20-21H,1H3,(H,19,22). The lowest BCUT2D eigenvalue weighted by atomic mass is 10.1. The molecule has 0 atom stereocenters. The average molecular weight is 339 g/mol. The van der Waals surface area contributed by atoms with Gasteiger partial charge >= 0.3 is 0 Å². The zero-order valence-electron chi connectivity index (χ0n) is 11.5. The molecule has 0 fully saturated rings. The van der Waals surface area contributed by atoms with Crippen LogP contribution in [0.2, 0.25) is 10.0 Å². The van der Waals surface area contributed by atoms with Crippen LogP contribution in [0.15, 0.2) is 41.5 Å². The van der Waals surface area contributed by atoms with E-state index in [1.807, 2.05) is 0 Å². The number of para-hydroxylation sites is 1. The number of benzene rings is 2. The second kappa shape index (κ2) is 6.68. The highest BCUT2D eigenvalue weighted by atomic mass is 35.5. The molecule has 114 valence electrons. The molecule has 2 aromatic carbocycles. The second-order valence-corrected chi connectivity index (χ2v) is 5.28. The smallest absolute Gasteiger partial charge is 0.275 e. The molecule has 2 rings (SSSR count). The fraction of sp³-hybridized carbons (Fsp3) is 0.0667. The average Bonchev–Trinajstić information content (AvgIpc) is 2.48. The Morgan fingerprint density at radius 3 is 2.50 bits per heavy atom. The Morgan fingerprint density at radius 1 is 1.14 bits per heavy atom. The van der Waals surface area contributed by atoms with Gasteiger partial charge in [-0.15, -0.1) is 0 Å². The maximum absolute atomic E-state index is 11.9. The van der Waals surface area contributed by atoms with E-state index in [-0.39, 0.29) is 22.1 Å². The summed E-state index contributed by atoms with van der Waals surface area (Å²) in [6.45, 7) is 1.58. The minimum atomic E-state index is -0.579. The number of amides is 1. The van der Waals surface area contributed by atoms with Crippen molar-refractivity contribution in [1.82, 2.24) is 5.43 Å². The summed E-state index contributed by atoms with van der Waals surface area (Å²) >= 11 is 11.7. The molecule has 0 saturated carbocycles. The quantitative estimate of drug-likeness (QED) is 0.591. The highest BCUT2D eigenvalue weighted by molar-refractivity contribution is 6.36. The van der Waals surface area contributed by atoms with Gasteiger partial charge in [-0.05, 0) is 31.2 Å². The summed E-state index contributed by atoms with van der Waals surface area (Å²) in [5.41, 5.74) is 3.00. The first kappa shape index (κ1) is 16.1. The summed E-state index contributed by atoms with van der Waals surface area (Å²) in [5.74, 6) is -0.907. The molecule has 0 unspecified atom stereocenters. The normalized spacial score (nSPS) is 11.3. The lowest BCUT2D eigenvalue weighted by Gasteiger charge is -2.08. The van der Waals surface area contributed by atoms with Gasteiger partial charge in [0.05, 0.1) is 16.3 Å². The van der Waals surface area contributed by atoms with Crippen LogP contribution in [-0.2, 0) is 0 Å². The Hall–Kier alpha value is -2.24. The fourth-order valence-electron chi connectivity index (χ4n) is 1.76. The Kier molecular flexibility index (Phi) is 4.90. The van der Waals surface area contributed by atoms with Crippen LogP contribution in [0.4, 0.5) is 0 Å². The molecular weight excluding hydrogens is 327 g/mol. The van der Waals surface area contributed by atoms with Crippen molar-refractivity contribution in [3.05, 3.63) is 57.6 Å². The van der Waals surface area contributed by atoms with E-state index in [9.17, 15) is 15.0 Å². The SMILES string of the molecule is CC(=NNC(=O)c1ccccc1O)c1cc(Cl)cc(Cl)c1O. The maximum Gasteiger partial charge on any atom is 0.275 e. The van der Waals surface area contributed by atoms with Crippen molar-refractivity contribution in [1.29, 1.82) is 0 Å². The van der Waals surface area contributed by atoms with Gasteiger partial charge in [-0.2, -0.15) is 5.10 Å². The molecule has 0 aliphatic heterocycles. The molecule has 7 heteroatoms. The number of nitrogens with one attached hydrogen (secondary N) is 1. The van der Waals surface area contributed by atoms with E-state index in [1.54, 1.807) is 19.1 Å². The summed E-state index contributed by atoms with van der Waals surface area (Å²) in [6.07, 6.45) is 0. The molecule has 0 spiro atoms. The number of phenols is 2. The third-order valence-electron chi connectivity index (χ3n) is 2.89. The highest BCUT2D eigenvalue weighted by Gasteiger charge is 2.12. The molecule has 1 amide bonds. The number of nitrogens with zero attached hydrogens (tertiary/aromatic N) is 1. The van der Waals surface area contributed by atoms with Gasteiger partial charge < -0.3 is 10.2 Å². The molecule has 0 heterocycles. The Balaban J connectivity index is 2.24. The molecule has 0 aromatic heterocycles. The number of carbonyl (C=O) groups excluding carboxylic acids is 1. The Labute approximate surface area is 136 Å². The first-order chi connectivity index (χ1) is 10.4. The van der Waals surface area contributed by atoms with Crippen LogP contribution >= 0.6 is 23.2 Å². The van der Waals surface area contributed by atoms with E-state index in [4.69, 9.17) is 23.2 Å². The van der Waals surface area contributed by atoms with Gasteiger partial charge in [0, 0.05) is 10.6 Å². The molecule has 3 N–H and O–H groups in total. The van der Waals surface area contributed by atoms with Gasteiger partial charge in [-0.1, -0.05) is 35.3 Å². The molecule has 5 nitrogen and oxygen atoms in total. The predicted molar refractivity (Wildman–Crippen MR) is 85.9 cm³/mol. The van der Waals surface area contributed by atoms with E-state index in [2.05, 4.69) is 10.5 Å². The summed E-state index contributed by atoms with van der Waals surface area (Å²) < 4.78 is 0. The van der Waals surface area contributed by atoms with Crippen LogP contribution in [0.25, 0.3) is 0 Å². The van der Waals surface area contributed by atoms with Crippen molar-refractivity contribution in [3.63, 3.8) is 0 Å². The molecule has 0 aliphatic carbocycles. The minimum Gasteiger partial charge on any atom is -0.507 e. The first-order valence-electron chi connectivity index (χ1n) is 6.21. The number of halogens is 2. The van der Waals surface area contributed by atoms with Crippen molar-refractivity contribution < 1.29 is 15.0 Å². The molecule has 0 radical (unpaired) electrons. The molecule has 0 aliphatic rings. The van der Waals surface area contributed by atoms with Crippen LogP contribution in [0.1, 0.15) is 22.8 Å². The summed E-state index contributed by atoms with van der Waals surface area (Å²) in [4.78, 5) is 11.9. The van der Waals surface area contributed by atoms with E-state index in [0.29, 0.717) is 16.3 Å². The summed E-state index contributed by atoms with van der Waals surface area (Å²) in [7, 11) is 0. The molecular formula is C15H12Cl2N2O3. The number of carbonyl (C=O) groups is 1. The number of rotatable bonds is 3. The summed E-state index contributed by atoms with van der Waals surface area (Å²) in [5, 5.41) is 23.8. The number of aromatic hydroxyl groups is 2. The van der Waals surface area contributed by atoms with Gasteiger partial charge in [0.15, 0.2) is 0 Å². The highest BCUT2D eigenvalue weighted by Crippen LogP contribution is 2.31. The van der Waals surface area contributed by atoms with Crippen molar-refractivity contribution in [3.8, 4) is 11.5 Å². The molecule has 2 aromatic rings. The van der Waals surface area contributed by atoms with Crippen LogP contribution in [0, 0.1) is 0 Å². The summed E-state index contributed by atoms with van der Waals surface area (Å²) in [6, 6.07) is 8.96. The van der Waals surface area contributed by atoms with E-state index in [0.717, 1.165) is 0 Å². The van der Waals surface area contributed by atoms with Crippen molar-refractivity contribution in [2.75, 3.05) is 0 Å². The zero-order chi connectivity index (χ0) is 16.3. The molecule has 22 heavy (non-hydrogen) atoms. The lowest BCUT2D eigenvalue weighted by Crippen LogP contribution is -2.19. The molecule has 0 saturated heterocycles. The maximum atomic E-state index is 11.9. The van der Waals surface area contributed by atoms with Crippen LogP contribution in [0.3, 0.4) is 0 Å². The number of hydrogen-bond donors (Lipinski definition) is 3. The van der Waals surface area contributed by atoms with Gasteiger partial charge in [-0.25, -0.2) is 5.43 Å². The first-order valence-corrected chi connectivity index (χ1v) is 6.96. The Morgan fingerprint density at radius 2 is 1.82 bits per heavy atom. The van der Waals surface area contributed by atoms with Gasteiger partial charge in [0.1, 0.15) is 11.5 Å². The third kappa shape index (κ3) is 3.50. The van der Waals surface area contributed by atoms with E-state index in [1.165, 1.54) is 24.3 Å². The van der Waals surface area contributed by atoms with Crippen LogP contribution in [-0.4, -0.2) is 21.8 Å². The van der Waals surface area contributed by atoms with E-state index >= 15 is 0 Å². The second-order valence-electron chi connectivity index (χ2n) is 4.44. The van der Waals surface area contributed by atoms with Gasteiger partial charge in [0.25, 0.3) is 5.91 Å². The monoisotopic (exact) mass is 338 g/mol. The van der Waals surface area contributed by atoms with Crippen LogP contribution < -0.4 is 5.43 Å². The van der Waals surface area contributed by atoms with Crippen molar-refractivity contribution in [2.24, 2.45) is 5.10 Å². The predicted octanol–water partition coefficient (Wildman–Crippen LogP) is 3.56. The Bertz CT molecular complexity index is 760. The fourth-order valence-corrected chi connectivity index (χ4v) is 2.26. The van der Waals surface area contributed by atoms with Crippen LogP contribution in [0.5, 0.6) is 11.5 Å². The van der Waals surface area contributed by atoms with Gasteiger partial charge in [0.2, 0.25) is 0 Å². The molecule has 0 bridgehead atoms. The largest absolute Gasteiger partial charge is 0.507 e. The van der Waals surface area contributed by atoms with Crippen molar-refractivity contribution in [2.45, 2.75) is 6.92 Å². The zero-order valence-corrected chi connectivity index (χ0v) is 13.0. The number of phenolic OH excluding ortho intramolecular Hbond substituents is 2. The van der Waals surface area contributed by atoms with E-state index < -0.39 is 5.91 Å². The lowest BCUT2D eigenvalue weighted by molar-refractivity contribution is 0.0952. The minimum absolute atomic E-state index is 0.0871. The number of hydrogen-bond acceptors (Lipinski definition) is 4. The van der Waals surface area contributed by atoms with Gasteiger partial charge in [-0.3, -0.25) is 4.79 Å². The number of hydrazone groups is 1. The third-order valence-corrected chi connectivity index (χ3v) is 3.40.